The van der Waals surface area contributed by atoms with Crippen molar-refractivity contribution in [3.05, 3.63) is 10.5 Å². The second-order valence-electron chi connectivity index (χ2n) is 4.06. The van der Waals surface area contributed by atoms with Crippen LogP contribution >= 0.6 is 0 Å². The Kier molecular flexibility index (Phi) is 4.85. The van der Waals surface area contributed by atoms with Crippen LogP contribution < -0.4 is 0 Å². The van der Waals surface area contributed by atoms with E-state index in [9.17, 15) is 4.79 Å². The summed E-state index contributed by atoms with van der Waals surface area (Å²) < 4.78 is 1.22. The molecule has 82 valence electrons. The monoisotopic (exact) mass is 222 g/mol. The zero-order chi connectivity index (χ0) is 11.4. The molecule has 0 aromatic carbocycles. The molecule has 4 heteroatoms. The normalized spacial score (nSPS) is 22.3. The van der Waals surface area contributed by atoms with Gasteiger partial charge in [-0.05, 0) is 20.9 Å². The molecule has 0 N–H and O–H groups in total. The predicted octanol–water partition coefficient (Wildman–Crippen LogP) is 0.469. The second kappa shape index (κ2) is 5.70. The van der Waals surface area contributed by atoms with Crippen LogP contribution in [-0.4, -0.2) is 65.2 Å². The lowest BCUT2D eigenvalue weighted by Crippen LogP contribution is -2.42. The van der Waals surface area contributed by atoms with Crippen molar-refractivity contribution in [2.75, 3.05) is 33.2 Å². The van der Waals surface area contributed by atoms with Crippen molar-refractivity contribution < 1.29 is 4.79 Å². The van der Waals surface area contributed by atoms with E-state index in [0.717, 1.165) is 26.2 Å². The number of hydrogen-bond acceptors (Lipinski definition) is 2. The molecule has 0 aromatic heterocycles. The van der Waals surface area contributed by atoms with E-state index in [1.54, 1.807) is 0 Å². The van der Waals surface area contributed by atoms with Gasteiger partial charge in [-0.3, -0.25) is 4.79 Å². The van der Waals surface area contributed by atoms with Crippen molar-refractivity contribution >= 4 is 22.2 Å². The number of carbonyl (C=O) groups excluding carboxylic acids is 1. The number of hydrogen-bond donors (Lipinski definition) is 0. The summed E-state index contributed by atoms with van der Waals surface area (Å²) in [7, 11) is 2.06. The van der Waals surface area contributed by atoms with Gasteiger partial charge in [-0.25, -0.2) is 0 Å². The van der Waals surface area contributed by atoms with Gasteiger partial charge in [0.25, 0.3) is 0 Å². The highest BCUT2D eigenvalue weighted by Gasteiger charge is 2.24. The summed E-state index contributed by atoms with van der Waals surface area (Å²) in [5.41, 5.74) is 0. The van der Waals surface area contributed by atoms with Crippen molar-refractivity contribution in [1.29, 1.82) is 0 Å². The molecule has 1 atom stereocenters. The standard InChI is InChI=1S/C11H19N2O.Al/c1-4-13(5-2)11(14)10-7-6-8-12(3)9-10;/h7,10H,4-5,8-9H2,1-3H3;/t10-;/m0./s1. The number of rotatable bonds is 3. The van der Waals surface area contributed by atoms with Gasteiger partial charge in [-0.15, -0.1) is 4.44 Å². The van der Waals surface area contributed by atoms with E-state index in [-0.39, 0.29) is 11.8 Å². The SMILES string of the molecule is CCN(CC)C(=O)[C@H]1C=[C]([Al])CN(C)C1. The largest absolute Gasteiger partial charge is 0.343 e. The van der Waals surface area contributed by atoms with Crippen molar-refractivity contribution in [2.45, 2.75) is 13.8 Å². The van der Waals surface area contributed by atoms with Crippen LogP contribution in [0.25, 0.3) is 0 Å². The number of carbonyl (C=O) groups is 1. The molecule has 0 unspecified atom stereocenters. The summed E-state index contributed by atoms with van der Waals surface area (Å²) in [4.78, 5) is 16.2. The molecule has 0 aliphatic carbocycles. The van der Waals surface area contributed by atoms with Gasteiger partial charge in [0.15, 0.2) is 16.3 Å². The summed E-state index contributed by atoms with van der Waals surface area (Å²) in [5.74, 6) is 0.294. The van der Waals surface area contributed by atoms with Gasteiger partial charge in [-0.1, -0.05) is 6.08 Å². The Hall–Kier alpha value is -0.298. The highest BCUT2D eigenvalue weighted by molar-refractivity contribution is 6.22. The van der Waals surface area contributed by atoms with Gasteiger partial charge >= 0.3 is 0 Å². The van der Waals surface area contributed by atoms with Crippen molar-refractivity contribution in [3.63, 3.8) is 0 Å². The Balaban J connectivity index is 2.70. The summed E-state index contributed by atoms with van der Waals surface area (Å²) in [6.07, 6.45) is 2.09. The van der Waals surface area contributed by atoms with E-state index >= 15 is 0 Å². The molecule has 0 spiro atoms. The average Bonchev–Trinajstić information content (AvgIpc) is 2.18. The highest BCUT2D eigenvalue weighted by atomic mass is 27.0. The fourth-order valence-corrected chi connectivity index (χ4v) is 2.54. The van der Waals surface area contributed by atoms with Crippen LogP contribution in [0.1, 0.15) is 13.8 Å². The second-order valence-corrected chi connectivity index (χ2v) is 4.80. The van der Waals surface area contributed by atoms with Crippen LogP contribution in [0.3, 0.4) is 0 Å². The van der Waals surface area contributed by atoms with Crippen LogP contribution in [0.5, 0.6) is 0 Å². The number of nitrogens with zero attached hydrogens (tertiary/aromatic N) is 2. The summed E-state index contributed by atoms with van der Waals surface area (Å²) in [6.45, 7) is 7.45. The summed E-state index contributed by atoms with van der Waals surface area (Å²) in [5, 5.41) is 0. The first-order valence-corrected chi connectivity index (χ1v) is 6.09. The molecule has 1 rings (SSSR count). The predicted molar refractivity (Wildman–Crippen MR) is 62.8 cm³/mol. The number of likely N-dealkylation sites (N-methyl/N-ethyl adjacent to an activating group) is 1. The van der Waals surface area contributed by atoms with Gasteiger partial charge < -0.3 is 9.80 Å². The van der Waals surface area contributed by atoms with Crippen molar-refractivity contribution in [1.82, 2.24) is 9.80 Å². The molecule has 0 saturated carbocycles. The molecule has 3 nitrogen and oxygen atoms in total. The Morgan fingerprint density at radius 2 is 2.20 bits per heavy atom. The molecular weight excluding hydrogens is 203 g/mol. The van der Waals surface area contributed by atoms with E-state index in [1.165, 1.54) is 4.44 Å². The molecule has 1 amide bonds. The zero-order valence-electron chi connectivity index (χ0n) is 9.86. The fraction of sp³-hybridized carbons (Fsp3) is 0.727. The van der Waals surface area contributed by atoms with Gasteiger partial charge in [0, 0.05) is 26.2 Å². The third kappa shape index (κ3) is 3.34. The quantitative estimate of drug-likeness (QED) is 0.648. The molecule has 1 heterocycles. The van der Waals surface area contributed by atoms with Gasteiger partial charge in [-0.2, -0.15) is 0 Å². The molecule has 0 aromatic rings. The minimum Gasteiger partial charge on any atom is -0.343 e. The third-order valence-corrected chi connectivity index (χ3v) is 3.14. The lowest BCUT2D eigenvalue weighted by molar-refractivity contribution is -0.134. The van der Waals surface area contributed by atoms with E-state index < -0.39 is 0 Å². The molecule has 0 bridgehead atoms. The van der Waals surface area contributed by atoms with Crippen LogP contribution in [-0.2, 0) is 4.79 Å². The van der Waals surface area contributed by atoms with E-state index in [4.69, 9.17) is 0 Å². The average molecular weight is 222 g/mol. The van der Waals surface area contributed by atoms with Gasteiger partial charge in [0.05, 0.1) is 5.92 Å². The maximum atomic E-state index is 12.1. The maximum absolute atomic E-state index is 12.1. The zero-order valence-corrected chi connectivity index (χ0v) is 11.0. The summed E-state index contributed by atoms with van der Waals surface area (Å²) in [6, 6.07) is 0. The Morgan fingerprint density at radius 3 is 2.67 bits per heavy atom. The smallest absolute Gasteiger partial charge is 0.230 e. The van der Waals surface area contributed by atoms with Gasteiger partial charge in [0.2, 0.25) is 5.91 Å². The molecule has 0 fully saturated rings. The summed E-state index contributed by atoms with van der Waals surface area (Å²) >= 11 is 2.71. The van der Waals surface area contributed by atoms with E-state index in [1.807, 2.05) is 18.7 Å². The van der Waals surface area contributed by atoms with Crippen molar-refractivity contribution in [2.24, 2.45) is 5.92 Å². The Labute approximate surface area is 101 Å². The highest BCUT2D eigenvalue weighted by Crippen LogP contribution is 2.14. The minimum atomic E-state index is 0.0381. The van der Waals surface area contributed by atoms with Crippen molar-refractivity contribution in [3.8, 4) is 0 Å². The Bertz CT molecular complexity index is 261. The van der Waals surface area contributed by atoms with Crippen LogP contribution in [0.4, 0.5) is 0 Å². The Morgan fingerprint density at radius 1 is 1.60 bits per heavy atom. The maximum Gasteiger partial charge on any atom is 0.230 e. The first-order chi connectivity index (χ1) is 7.08. The first-order valence-electron chi connectivity index (χ1n) is 5.52. The number of amides is 1. The van der Waals surface area contributed by atoms with E-state index in [2.05, 4.69) is 34.3 Å². The molecule has 1 aliphatic rings. The van der Waals surface area contributed by atoms with E-state index in [0.29, 0.717) is 0 Å². The van der Waals surface area contributed by atoms with Crippen LogP contribution in [0, 0.1) is 5.92 Å². The lowest BCUT2D eigenvalue weighted by Gasteiger charge is -2.31. The third-order valence-electron chi connectivity index (χ3n) is 2.77. The molecule has 1 aliphatic heterocycles. The fourth-order valence-electron chi connectivity index (χ4n) is 1.99. The lowest BCUT2D eigenvalue weighted by atomic mass is 10.0. The minimum absolute atomic E-state index is 0.0381. The molecular formula is C11H19AlN2O. The van der Waals surface area contributed by atoms with Crippen LogP contribution in [0.2, 0.25) is 0 Å². The first kappa shape index (κ1) is 12.8. The topological polar surface area (TPSA) is 23.6 Å². The van der Waals surface area contributed by atoms with Crippen LogP contribution in [0.15, 0.2) is 10.5 Å². The molecule has 0 saturated heterocycles. The van der Waals surface area contributed by atoms with Gasteiger partial charge in [0.1, 0.15) is 0 Å². The molecule has 2 radical (unpaired) electrons. The molecule has 15 heavy (non-hydrogen) atoms.